The maximum absolute atomic E-state index is 12.2. The molecule has 0 fully saturated rings. The molecule has 0 atom stereocenters. The van der Waals surface area contributed by atoms with Gasteiger partial charge >= 0.3 is 0 Å². The van der Waals surface area contributed by atoms with Gasteiger partial charge in [0.15, 0.2) is 0 Å². The maximum Gasteiger partial charge on any atom is 0.269 e. The second-order valence-electron chi connectivity index (χ2n) is 9.16. The van der Waals surface area contributed by atoms with E-state index in [1.54, 1.807) is 66.7 Å². The number of imide groups is 2. The molecule has 0 aliphatic carbocycles. The summed E-state index contributed by atoms with van der Waals surface area (Å²) in [7, 11) is 0. The molecule has 40 heavy (non-hydrogen) atoms. The van der Waals surface area contributed by atoms with Gasteiger partial charge in [-0.15, -0.1) is 0 Å². The number of nitrogens with two attached hydrogens (primary N) is 1. The molecule has 2 aliphatic rings. The number of amides is 4. The van der Waals surface area contributed by atoms with Gasteiger partial charge in [0.1, 0.15) is 0 Å². The minimum absolute atomic E-state index is 0.0219. The Kier molecular flexibility index (Phi) is 6.90. The summed E-state index contributed by atoms with van der Waals surface area (Å²) in [5.74, 6) is -1.24. The van der Waals surface area contributed by atoms with Crippen LogP contribution in [-0.2, 0) is 13.1 Å². The molecule has 0 spiro atoms. The Bertz CT molecular complexity index is 1630. The Morgan fingerprint density at radius 3 is 1.38 bits per heavy atom. The van der Waals surface area contributed by atoms with Crippen molar-refractivity contribution in [3.05, 3.63) is 141 Å². The Hall–Kier alpha value is -5.64. The van der Waals surface area contributed by atoms with Crippen LogP contribution in [0.5, 0.6) is 0 Å². The van der Waals surface area contributed by atoms with Crippen LogP contribution in [0.4, 0.5) is 11.4 Å². The molecule has 2 heterocycles. The van der Waals surface area contributed by atoms with Crippen molar-refractivity contribution in [2.75, 3.05) is 5.73 Å². The maximum atomic E-state index is 12.2. The molecule has 10 heteroatoms. The number of non-ortho nitro benzene ring substituents is 1. The third-order valence-electron chi connectivity index (χ3n) is 6.51. The molecule has 0 aromatic heterocycles. The van der Waals surface area contributed by atoms with Crippen LogP contribution in [0.25, 0.3) is 0 Å². The van der Waals surface area contributed by atoms with Crippen molar-refractivity contribution < 1.29 is 24.1 Å². The summed E-state index contributed by atoms with van der Waals surface area (Å²) in [6.45, 7) is 0.269. The standard InChI is InChI=1S/C15H10N2O4.C15H12N2O2/c18-14-12-6-1-2-7-13(12)15(19)16(14)9-10-4-3-5-11(8-10)17(20)21;16-11-5-3-4-10(8-11)9-17-14(18)12-6-1-2-7-13(12)15(17)19/h1-8H,9H2;1-8H,9,16H2. The Morgan fingerprint density at radius 1 is 0.575 bits per heavy atom. The zero-order valence-electron chi connectivity index (χ0n) is 21.0. The summed E-state index contributed by atoms with van der Waals surface area (Å²) in [5.41, 5.74) is 9.31. The van der Waals surface area contributed by atoms with Gasteiger partial charge in [0.05, 0.1) is 40.3 Å². The summed E-state index contributed by atoms with van der Waals surface area (Å²) >= 11 is 0. The van der Waals surface area contributed by atoms with E-state index in [4.69, 9.17) is 5.73 Å². The molecular formula is C30H22N4O6. The minimum Gasteiger partial charge on any atom is -0.399 e. The largest absolute Gasteiger partial charge is 0.399 e. The second-order valence-corrected chi connectivity index (χ2v) is 9.16. The Morgan fingerprint density at radius 2 is 0.975 bits per heavy atom. The number of carbonyl (C=O) groups is 4. The van der Waals surface area contributed by atoms with E-state index in [0.717, 1.165) is 10.5 Å². The number of carbonyl (C=O) groups excluding carboxylic acids is 4. The molecule has 4 aromatic carbocycles. The van der Waals surface area contributed by atoms with Crippen molar-refractivity contribution in [3.8, 4) is 0 Å². The van der Waals surface area contributed by atoms with E-state index in [0.29, 0.717) is 33.5 Å². The van der Waals surface area contributed by atoms with Gasteiger partial charge in [-0.3, -0.25) is 39.1 Å². The van der Waals surface area contributed by atoms with E-state index in [1.807, 2.05) is 12.1 Å². The van der Waals surface area contributed by atoms with Crippen molar-refractivity contribution in [3.63, 3.8) is 0 Å². The van der Waals surface area contributed by atoms with Gasteiger partial charge in [-0.25, -0.2) is 0 Å². The summed E-state index contributed by atoms with van der Waals surface area (Å²) in [4.78, 5) is 61.3. The first kappa shape index (κ1) is 26.0. The predicted octanol–water partition coefficient (Wildman–Crippen LogP) is 4.46. The topological polar surface area (TPSA) is 144 Å². The molecular weight excluding hydrogens is 512 g/mol. The number of nitro benzene ring substituents is 1. The fourth-order valence-corrected chi connectivity index (χ4v) is 4.59. The van der Waals surface area contributed by atoms with Gasteiger partial charge in [-0.2, -0.15) is 0 Å². The van der Waals surface area contributed by atoms with Crippen molar-refractivity contribution in [2.45, 2.75) is 13.1 Å². The van der Waals surface area contributed by atoms with Gasteiger partial charge in [-0.1, -0.05) is 48.5 Å². The molecule has 0 saturated carbocycles. The first-order valence-electron chi connectivity index (χ1n) is 12.2. The first-order valence-corrected chi connectivity index (χ1v) is 12.2. The number of anilines is 1. The zero-order valence-corrected chi connectivity index (χ0v) is 21.0. The fourth-order valence-electron chi connectivity index (χ4n) is 4.59. The average molecular weight is 535 g/mol. The third-order valence-corrected chi connectivity index (χ3v) is 6.51. The predicted molar refractivity (Wildman–Crippen MR) is 145 cm³/mol. The van der Waals surface area contributed by atoms with Crippen LogP contribution < -0.4 is 5.73 Å². The number of nitrogen functional groups attached to an aromatic ring is 1. The molecule has 2 N–H and O–H groups in total. The molecule has 6 rings (SSSR count). The number of hydrogen-bond acceptors (Lipinski definition) is 7. The summed E-state index contributed by atoms with van der Waals surface area (Å²) < 4.78 is 0. The van der Waals surface area contributed by atoms with E-state index in [1.165, 1.54) is 23.1 Å². The van der Waals surface area contributed by atoms with Gasteiger partial charge < -0.3 is 5.73 Å². The molecule has 2 aliphatic heterocycles. The molecule has 0 saturated heterocycles. The highest BCUT2D eigenvalue weighted by Gasteiger charge is 2.36. The zero-order chi connectivity index (χ0) is 28.4. The number of fused-ring (bicyclic) bond motifs is 2. The fraction of sp³-hybridized carbons (Fsp3) is 0.0667. The van der Waals surface area contributed by atoms with E-state index in [2.05, 4.69) is 0 Å². The number of nitro groups is 1. The molecule has 0 unspecified atom stereocenters. The average Bonchev–Trinajstić information content (AvgIpc) is 3.34. The Labute approximate surface area is 228 Å². The van der Waals surface area contributed by atoms with Crippen LogP contribution in [0, 0.1) is 10.1 Å². The lowest BCUT2D eigenvalue weighted by Crippen LogP contribution is -2.29. The molecule has 4 aromatic rings. The monoisotopic (exact) mass is 534 g/mol. The van der Waals surface area contributed by atoms with Crippen molar-refractivity contribution >= 4 is 35.0 Å². The quantitative estimate of drug-likeness (QED) is 0.172. The number of benzene rings is 4. The van der Waals surface area contributed by atoms with Gasteiger partial charge in [0.25, 0.3) is 29.3 Å². The van der Waals surface area contributed by atoms with Crippen molar-refractivity contribution in [2.24, 2.45) is 0 Å². The van der Waals surface area contributed by atoms with Crippen LogP contribution in [0.15, 0.2) is 97.1 Å². The number of rotatable bonds is 5. The molecule has 0 bridgehead atoms. The lowest BCUT2D eigenvalue weighted by atomic mass is 10.1. The molecule has 0 radical (unpaired) electrons. The number of hydrogen-bond donors (Lipinski definition) is 1. The Balaban J connectivity index is 0.000000162. The summed E-state index contributed by atoms with van der Waals surface area (Å²) in [6.07, 6.45) is 0. The highest BCUT2D eigenvalue weighted by atomic mass is 16.6. The van der Waals surface area contributed by atoms with Crippen LogP contribution in [-0.4, -0.2) is 38.4 Å². The van der Waals surface area contributed by atoms with Gasteiger partial charge in [-0.05, 0) is 47.5 Å². The van der Waals surface area contributed by atoms with E-state index in [-0.39, 0.29) is 42.4 Å². The highest BCUT2D eigenvalue weighted by molar-refractivity contribution is 6.22. The molecule has 198 valence electrons. The van der Waals surface area contributed by atoms with Crippen molar-refractivity contribution in [1.82, 2.24) is 9.80 Å². The van der Waals surface area contributed by atoms with E-state index in [9.17, 15) is 29.3 Å². The van der Waals surface area contributed by atoms with E-state index >= 15 is 0 Å². The van der Waals surface area contributed by atoms with Crippen LogP contribution in [0.1, 0.15) is 52.6 Å². The summed E-state index contributed by atoms with van der Waals surface area (Å²) in [6, 6.07) is 26.6. The lowest BCUT2D eigenvalue weighted by Gasteiger charge is -2.14. The SMILES string of the molecule is Nc1cccc(CN2C(=O)c3ccccc3C2=O)c1.O=C1c2ccccc2C(=O)N1Cc1cccc([N+](=O)[O-])c1. The molecule has 4 amide bonds. The third kappa shape index (κ3) is 4.93. The second kappa shape index (κ2) is 10.6. The van der Waals surface area contributed by atoms with Gasteiger partial charge in [0.2, 0.25) is 0 Å². The summed E-state index contributed by atoms with van der Waals surface area (Å²) in [5, 5.41) is 10.8. The van der Waals surface area contributed by atoms with Crippen LogP contribution in [0.3, 0.4) is 0 Å². The molecule has 10 nitrogen and oxygen atoms in total. The smallest absolute Gasteiger partial charge is 0.269 e. The first-order chi connectivity index (χ1) is 19.2. The highest BCUT2D eigenvalue weighted by Crippen LogP contribution is 2.26. The normalized spacial score (nSPS) is 13.6. The van der Waals surface area contributed by atoms with Crippen molar-refractivity contribution in [1.29, 1.82) is 0 Å². The van der Waals surface area contributed by atoms with Crippen LogP contribution in [0.2, 0.25) is 0 Å². The van der Waals surface area contributed by atoms with Gasteiger partial charge in [0, 0.05) is 17.8 Å². The lowest BCUT2D eigenvalue weighted by molar-refractivity contribution is -0.384. The minimum atomic E-state index is -0.508. The van der Waals surface area contributed by atoms with E-state index < -0.39 is 4.92 Å². The van der Waals surface area contributed by atoms with Crippen LogP contribution >= 0.6 is 0 Å². The number of nitrogens with zero attached hydrogens (tertiary/aromatic N) is 3.